The molecule has 0 aliphatic carbocycles. The van der Waals surface area contributed by atoms with E-state index in [-0.39, 0.29) is 10.7 Å². The van der Waals surface area contributed by atoms with Gasteiger partial charge in [-0.1, -0.05) is 29.8 Å². The van der Waals surface area contributed by atoms with Crippen LogP contribution in [0.15, 0.2) is 36.5 Å². The molecule has 1 aromatic carbocycles. The molecule has 0 atom stereocenters. The average Bonchev–Trinajstić information content (AvgIpc) is 2.38. The second-order valence-electron chi connectivity index (χ2n) is 3.60. The van der Waals surface area contributed by atoms with Gasteiger partial charge in [-0.25, -0.2) is 9.78 Å². The van der Waals surface area contributed by atoms with Crippen molar-refractivity contribution in [3.8, 4) is 11.1 Å². The second kappa shape index (κ2) is 4.98. The molecule has 0 aliphatic rings. The van der Waals surface area contributed by atoms with E-state index < -0.39 is 5.97 Å². The molecule has 0 radical (unpaired) electrons. The quantitative estimate of drug-likeness (QED) is 0.681. The summed E-state index contributed by atoms with van der Waals surface area (Å²) in [6.45, 7) is 0. The van der Waals surface area contributed by atoms with E-state index in [4.69, 9.17) is 16.7 Å². The lowest BCUT2D eigenvalue weighted by molar-refractivity contribution is 0.0697. The van der Waals surface area contributed by atoms with E-state index in [9.17, 15) is 9.59 Å². The Balaban J connectivity index is 2.62. The molecule has 1 aromatic heterocycles. The largest absolute Gasteiger partial charge is 0.478 e. The fourth-order valence-electron chi connectivity index (χ4n) is 1.62. The third-order valence-corrected chi connectivity index (χ3v) is 2.64. The Morgan fingerprint density at radius 2 is 2.11 bits per heavy atom. The standard InChI is InChI=1S/C13H8ClNO3/c14-12-5-10(13(17)18)11(6-15-12)9-3-1-2-8(4-9)7-16/h1-7H,(H,17,18). The van der Waals surface area contributed by atoms with Gasteiger partial charge >= 0.3 is 5.97 Å². The zero-order chi connectivity index (χ0) is 13.1. The number of carboxylic acid groups (broad SMARTS) is 1. The molecule has 2 rings (SSSR count). The molecule has 0 spiro atoms. The first-order valence-corrected chi connectivity index (χ1v) is 5.44. The lowest BCUT2D eigenvalue weighted by Crippen LogP contribution is -2.00. The molecule has 1 heterocycles. The molecule has 2 aromatic rings. The summed E-state index contributed by atoms with van der Waals surface area (Å²) in [7, 11) is 0. The summed E-state index contributed by atoms with van der Waals surface area (Å²) in [6, 6.07) is 7.92. The van der Waals surface area contributed by atoms with Gasteiger partial charge in [-0.15, -0.1) is 0 Å². The van der Waals surface area contributed by atoms with Gasteiger partial charge in [0.15, 0.2) is 0 Å². The smallest absolute Gasteiger partial charge is 0.336 e. The Labute approximate surface area is 108 Å². The molecule has 0 bridgehead atoms. The van der Waals surface area contributed by atoms with Crippen LogP contribution in [0.4, 0.5) is 0 Å². The number of halogens is 1. The van der Waals surface area contributed by atoms with E-state index >= 15 is 0 Å². The molecule has 0 saturated heterocycles. The first kappa shape index (κ1) is 12.3. The van der Waals surface area contributed by atoms with Crippen LogP contribution >= 0.6 is 11.6 Å². The van der Waals surface area contributed by atoms with E-state index in [1.54, 1.807) is 24.3 Å². The van der Waals surface area contributed by atoms with E-state index in [0.29, 0.717) is 23.0 Å². The van der Waals surface area contributed by atoms with Crippen molar-refractivity contribution < 1.29 is 14.7 Å². The number of benzene rings is 1. The number of carbonyl (C=O) groups is 2. The molecule has 0 aliphatic heterocycles. The number of aromatic carboxylic acids is 1. The van der Waals surface area contributed by atoms with Gasteiger partial charge in [0.1, 0.15) is 11.4 Å². The molecule has 18 heavy (non-hydrogen) atoms. The molecular formula is C13H8ClNO3. The van der Waals surface area contributed by atoms with Gasteiger partial charge in [0, 0.05) is 17.3 Å². The lowest BCUT2D eigenvalue weighted by atomic mass is 10.0. The van der Waals surface area contributed by atoms with Crippen LogP contribution < -0.4 is 0 Å². The Morgan fingerprint density at radius 1 is 1.33 bits per heavy atom. The average molecular weight is 262 g/mol. The minimum absolute atomic E-state index is 0.0537. The second-order valence-corrected chi connectivity index (χ2v) is 3.99. The van der Waals surface area contributed by atoms with Crippen LogP contribution in [-0.2, 0) is 0 Å². The van der Waals surface area contributed by atoms with Crippen molar-refractivity contribution in [2.24, 2.45) is 0 Å². The van der Waals surface area contributed by atoms with Crippen molar-refractivity contribution in [3.63, 3.8) is 0 Å². The highest BCUT2D eigenvalue weighted by atomic mass is 35.5. The summed E-state index contributed by atoms with van der Waals surface area (Å²) in [5, 5.41) is 9.24. The molecule has 0 fully saturated rings. The highest BCUT2D eigenvalue weighted by Gasteiger charge is 2.13. The Kier molecular flexibility index (Phi) is 3.39. The van der Waals surface area contributed by atoms with E-state index in [2.05, 4.69) is 4.98 Å². The van der Waals surface area contributed by atoms with E-state index in [0.717, 1.165) is 0 Å². The van der Waals surface area contributed by atoms with Crippen LogP contribution in [0.3, 0.4) is 0 Å². The number of carboxylic acids is 1. The number of aromatic nitrogens is 1. The van der Waals surface area contributed by atoms with Gasteiger partial charge in [0.05, 0.1) is 5.56 Å². The normalized spacial score (nSPS) is 10.1. The topological polar surface area (TPSA) is 67.3 Å². The predicted octanol–water partition coefficient (Wildman–Crippen LogP) is 2.91. The number of hydrogen-bond donors (Lipinski definition) is 1. The molecule has 1 N–H and O–H groups in total. The van der Waals surface area contributed by atoms with Crippen LogP contribution in [0, 0.1) is 0 Å². The van der Waals surface area contributed by atoms with Crippen molar-refractivity contribution in [1.29, 1.82) is 0 Å². The first-order chi connectivity index (χ1) is 8.61. The van der Waals surface area contributed by atoms with Gasteiger partial charge in [0.2, 0.25) is 0 Å². The maximum atomic E-state index is 11.1. The third-order valence-electron chi connectivity index (χ3n) is 2.43. The summed E-state index contributed by atoms with van der Waals surface area (Å²) in [5.41, 5.74) is 1.56. The zero-order valence-electron chi connectivity index (χ0n) is 9.13. The summed E-state index contributed by atoms with van der Waals surface area (Å²) >= 11 is 5.68. The van der Waals surface area contributed by atoms with Crippen LogP contribution in [-0.4, -0.2) is 22.3 Å². The van der Waals surface area contributed by atoms with Crippen molar-refractivity contribution in [2.45, 2.75) is 0 Å². The van der Waals surface area contributed by atoms with E-state index in [1.165, 1.54) is 12.3 Å². The summed E-state index contributed by atoms with van der Waals surface area (Å²) < 4.78 is 0. The maximum Gasteiger partial charge on any atom is 0.336 e. The maximum absolute atomic E-state index is 11.1. The van der Waals surface area contributed by atoms with Crippen LogP contribution in [0.5, 0.6) is 0 Å². The van der Waals surface area contributed by atoms with E-state index in [1.807, 2.05) is 0 Å². The summed E-state index contributed by atoms with van der Waals surface area (Å²) in [4.78, 5) is 25.7. The Bertz CT molecular complexity index is 625. The van der Waals surface area contributed by atoms with Gasteiger partial charge in [0.25, 0.3) is 0 Å². The molecule has 0 saturated carbocycles. The number of hydrogen-bond acceptors (Lipinski definition) is 3. The highest BCUT2D eigenvalue weighted by Crippen LogP contribution is 2.25. The molecule has 0 amide bonds. The van der Waals surface area contributed by atoms with Crippen molar-refractivity contribution in [2.75, 3.05) is 0 Å². The number of nitrogens with zero attached hydrogens (tertiary/aromatic N) is 1. The summed E-state index contributed by atoms with van der Waals surface area (Å²) in [6.07, 6.45) is 2.09. The highest BCUT2D eigenvalue weighted by molar-refractivity contribution is 6.29. The zero-order valence-corrected chi connectivity index (χ0v) is 9.89. The lowest BCUT2D eigenvalue weighted by Gasteiger charge is -2.06. The predicted molar refractivity (Wildman–Crippen MR) is 67.0 cm³/mol. The minimum Gasteiger partial charge on any atom is -0.478 e. The van der Waals surface area contributed by atoms with Crippen LogP contribution in [0.25, 0.3) is 11.1 Å². The van der Waals surface area contributed by atoms with Crippen molar-refractivity contribution >= 4 is 23.9 Å². The van der Waals surface area contributed by atoms with Gasteiger partial charge < -0.3 is 5.11 Å². The van der Waals surface area contributed by atoms with Crippen molar-refractivity contribution in [1.82, 2.24) is 4.98 Å². The van der Waals surface area contributed by atoms with Gasteiger partial charge in [-0.3, -0.25) is 4.79 Å². The SMILES string of the molecule is O=Cc1cccc(-c2cnc(Cl)cc2C(=O)O)c1. The molecule has 5 heteroatoms. The molecule has 0 unspecified atom stereocenters. The van der Waals surface area contributed by atoms with Crippen molar-refractivity contribution in [3.05, 3.63) is 52.8 Å². The Morgan fingerprint density at radius 3 is 2.78 bits per heavy atom. The van der Waals surface area contributed by atoms with Gasteiger partial charge in [-0.05, 0) is 17.7 Å². The Hall–Kier alpha value is -2.20. The van der Waals surface area contributed by atoms with Gasteiger partial charge in [-0.2, -0.15) is 0 Å². The molecular weight excluding hydrogens is 254 g/mol. The van der Waals surface area contributed by atoms with Crippen LogP contribution in [0.2, 0.25) is 5.15 Å². The summed E-state index contributed by atoms with van der Waals surface area (Å²) in [5.74, 6) is -1.09. The number of carbonyl (C=O) groups excluding carboxylic acids is 1. The number of rotatable bonds is 3. The fraction of sp³-hybridized carbons (Fsp3) is 0. The van der Waals surface area contributed by atoms with Crippen LogP contribution in [0.1, 0.15) is 20.7 Å². The molecule has 90 valence electrons. The molecule has 4 nitrogen and oxygen atoms in total. The monoisotopic (exact) mass is 261 g/mol. The number of pyridine rings is 1. The first-order valence-electron chi connectivity index (χ1n) is 5.06. The minimum atomic E-state index is -1.09. The fourth-order valence-corrected chi connectivity index (χ4v) is 1.77. The number of aldehydes is 1. The third kappa shape index (κ3) is 2.38.